The molecule has 2 aromatic heterocycles. The Morgan fingerprint density at radius 1 is 0.909 bits per heavy atom. The highest BCUT2D eigenvalue weighted by molar-refractivity contribution is 5.74. The van der Waals surface area contributed by atoms with E-state index in [1.807, 2.05) is 24.3 Å². The Hall–Kier alpha value is -3.28. The lowest BCUT2D eigenvalue weighted by Crippen LogP contribution is -2.17. The summed E-state index contributed by atoms with van der Waals surface area (Å²) in [7, 11) is 0. The van der Waals surface area contributed by atoms with Crippen LogP contribution >= 0.6 is 0 Å². The number of aromatic nitrogens is 1. The van der Waals surface area contributed by atoms with E-state index in [-0.39, 0.29) is 11.1 Å². The van der Waals surface area contributed by atoms with E-state index >= 15 is 0 Å². The van der Waals surface area contributed by atoms with Crippen LogP contribution in [0.25, 0.3) is 22.8 Å². The zero-order chi connectivity index (χ0) is 16.3. The largest absolute Gasteiger partial charge is 0.494 e. The van der Waals surface area contributed by atoms with Gasteiger partial charge in [0, 0.05) is 16.3 Å². The van der Waals surface area contributed by atoms with Gasteiger partial charge in [0.05, 0.1) is 5.22 Å². The van der Waals surface area contributed by atoms with Crippen molar-refractivity contribution < 1.29 is 15.1 Å². The highest BCUT2D eigenvalue weighted by atomic mass is 16.7. The van der Waals surface area contributed by atoms with E-state index in [4.69, 9.17) is 0 Å². The van der Waals surface area contributed by atoms with Crippen molar-refractivity contribution in [2.45, 2.75) is 0 Å². The van der Waals surface area contributed by atoms with Gasteiger partial charge >= 0.3 is 5.88 Å². The summed E-state index contributed by atoms with van der Waals surface area (Å²) in [6, 6.07) is 13.3. The van der Waals surface area contributed by atoms with Crippen molar-refractivity contribution in [3.8, 4) is 0 Å². The Labute approximate surface area is 125 Å². The fraction of sp³-hybridized carbons (Fsp3) is 0. The first-order valence-electron chi connectivity index (χ1n) is 6.35. The molecule has 112 valence electrons. The SMILES string of the molecule is C=C.O=[N+]([O-])C(O)=c1ccc(=C(O)n2c3ccc2cc3)cc1. The molecular formula is C16H14N2O4. The molecule has 0 aliphatic carbocycles. The zero-order valence-corrected chi connectivity index (χ0v) is 11.6. The van der Waals surface area contributed by atoms with Crippen molar-refractivity contribution in [3.05, 3.63) is 82.2 Å². The molecule has 0 amide bonds. The molecule has 0 aliphatic rings. The maximum Gasteiger partial charge on any atom is 0.432 e. The fourth-order valence-corrected chi connectivity index (χ4v) is 2.15. The van der Waals surface area contributed by atoms with Gasteiger partial charge in [0.25, 0.3) is 0 Å². The van der Waals surface area contributed by atoms with E-state index in [9.17, 15) is 20.3 Å². The van der Waals surface area contributed by atoms with Gasteiger partial charge < -0.3 is 10.2 Å². The first kappa shape index (κ1) is 15.1. The minimum absolute atomic E-state index is 0.0390. The smallest absolute Gasteiger partial charge is 0.432 e. The van der Waals surface area contributed by atoms with Gasteiger partial charge in [-0.2, -0.15) is 0 Å². The average Bonchev–Trinajstić information content (AvgIpc) is 3.15. The molecule has 6 heteroatoms. The normalized spacial score (nSPS) is 10.0. The molecule has 2 bridgehead atoms. The number of rotatable bonds is 2. The standard InChI is InChI=1S/C14H10N2O4.C2H4/c17-13(15-11-5-6-12(15)8-7-11)9-1-3-10(4-2-9)14(18)16(19)20;1-2/h1-8,17-18H;1-2H2. The van der Waals surface area contributed by atoms with Crippen LogP contribution in [0.3, 0.4) is 0 Å². The van der Waals surface area contributed by atoms with Crippen molar-refractivity contribution in [2.24, 2.45) is 0 Å². The van der Waals surface area contributed by atoms with Crippen molar-refractivity contribution in [2.75, 3.05) is 0 Å². The second-order valence-corrected chi connectivity index (χ2v) is 4.33. The number of benzene rings is 2. The second kappa shape index (κ2) is 6.01. The molecule has 0 spiro atoms. The summed E-state index contributed by atoms with van der Waals surface area (Å²) in [5, 5.41) is 30.6. The summed E-state index contributed by atoms with van der Waals surface area (Å²) in [6.07, 6.45) is 0. The molecule has 0 saturated carbocycles. The molecule has 3 aromatic rings. The first-order chi connectivity index (χ1) is 10.6. The van der Waals surface area contributed by atoms with Crippen molar-refractivity contribution >= 4 is 22.8 Å². The maximum atomic E-state index is 10.5. The number of hydrogen-bond acceptors (Lipinski definition) is 4. The predicted molar refractivity (Wildman–Crippen MR) is 84.5 cm³/mol. The van der Waals surface area contributed by atoms with Gasteiger partial charge in [-0.05, 0) is 48.5 Å². The van der Waals surface area contributed by atoms with Crippen molar-refractivity contribution in [3.63, 3.8) is 0 Å². The average molecular weight is 298 g/mol. The summed E-state index contributed by atoms with van der Waals surface area (Å²) >= 11 is 0. The summed E-state index contributed by atoms with van der Waals surface area (Å²) in [5.74, 6) is -0.874. The van der Waals surface area contributed by atoms with Gasteiger partial charge in [0.15, 0.2) is 0 Å². The molecule has 0 saturated heterocycles. The molecule has 6 nitrogen and oxygen atoms in total. The summed E-state index contributed by atoms with van der Waals surface area (Å²) in [4.78, 5) is 9.59. The van der Waals surface area contributed by atoms with Crippen LogP contribution in [-0.2, 0) is 0 Å². The third kappa shape index (κ3) is 2.49. The lowest BCUT2D eigenvalue weighted by Gasteiger charge is -2.02. The minimum atomic E-state index is -0.913. The molecule has 2 N–H and O–H groups in total. The van der Waals surface area contributed by atoms with Crippen LogP contribution in [0.5, 0.6) is 0 Å². The number of nitro groups is 1. The molecule has 0 unspecified atom stereocenters. The number of nitrogens with zero attached hydrogens (tertiary/aromatic N) is 2. The molecule has 0 aliphatic heterocycles. The van der Waals surface area contributed by atoms with E-state index in [1.165, 1.54) is 24.3 Å². The van der Waals surface area contributed by atoms with Crippen molar-refractivity contribution in [1.82, 2.24) is 4.57 Å². The summed E-state index contributed by atoms with van der Waals surface area (Å²) < 4.78 is 1.67. The number of fused-ring (bicyclic) bond motifs is 2. The molecule has 0 radical (unpaired) electrons. The van der Waals surface area contributed by atoms with Gasteiger partial charge in [-0.3, -0.25) is 14.7 Å². The topological polar surface area (TPSA) is 88.5 Å². The highest BCUT2D eigenvalue weighted by Crippen LogP contribution is 2.19. The van der Waals surface area contributed by atoms with E-state index in [1.54, 1.807) is 4.57 Å². The fourth-order valence-electron chi connectivity index (χ4n) is 2.15. The van der Waals surface area contributed by atoms with Gasteiger partial charge in [-0.1, -0.05) is 0 Å². The second-order valence-electron chi connectivity index (χ2n) is 4.33. The van der Waals surface area contributed by atoms with Gasteiger partial charge in [0.2, 0.25) is 5.88 Å². The van der Waals surface area contributed by atoms with Gasteiger partial charge in [-0.25, -0.2) is 0 Å². The van der Waals surface area contributed by atoms with Crippen LogP contribution in [0.4, 0.5) is 0 Å². The quantitative estimate of drug-likeness (QED) is 0.430. The van der Waals surface area contributed by atoms with Crippen LogP contribution < -0.4 is 10.4 Å². The Balaban J connectivity index is 0.000000847. The van der Waals surface area contributed by atoms with E-state index < -0.39 is 10.8 Å². The predicted octanol–water partition coefficient (Wildman–Crippen LogP) is 1.95. The molecule has 22 heavy (non-hydrogen) atoms. The van der Waals surface area contributed by atoms with Crippen LogP contribution in [0, 0.1) is 10.1 Å². The summed E-state index contributed by atoms with van der Waals surface area (Å²) in [6.45, 7) is 6.00. The number of aliphatic hydroxyl groups excluding tert-OH is 2. The Morgan fingerprint density at radius 3 is 1.73 bits per heavy atom. The first-order valence-corrected chi connectivity index (χ1v) is 6.35. The van der Waals surface area contributed by atoms with Crippen LogP contribution in [0.1, 0.15) is 0 Å². The monoisotopic (exact) mass is 298 g/mol. The molecule has 0 atom stereocenters. The van der Waals surface area contributed by atoms with Gasteiger partial charge in [-0.15, -0.1) is 13.2 Å². The zero-order valence-electron chi connectivity index (χ0n) is 11.6. The minimum Gasteiger partial charge on any atom is -0.494 e. The van der Waals surface area contributed by atoms with E-state index in [0.717, 1.165) is 11.0 Å². The molecular weight excluding hydrogens is 284 g/mol. The number of aliphatic hydroxyl groups is 2. The third-order valence-corrected chi connectivity index (χ3v) is 3.15. The molecule has 1 aromatic carbocycles. The van der Waals surface area contributed by atoms with E-state index in [2.05, 4.69) is 13.2 Å². The van der Waals surface area contributed by atoms with E-state index in [0.29, 0.717) is 5.22 Å². The third-order valence-electron chi connectivity index (χ3n) is 3.15. The van der Waals surface area contributed by atoms with Crippen LogP contribution in [0.15, 0.2) is 61.7 Å². The summed E-state index contributed by atoms with van der Waals surface area (Å²) in [5.41, 5.74) is 1.72. The van der Waals surface area contributed by atoms with Crippen molar-refractivity contribution in [1.29, 1.82) is 0 Å². The molecule has 3 rings (SSSR count). The Morgan fingerprint density at radius 2 is 1.32 bits per heavy atom. The molecule has 0 fully saturated rings. The molecule has 2 heterocycles. The maximum absolute atomic E-state index is 10.5. The van der Waals surface area contributed by atoms with Gasteiger partial charge in [0.1, 0.15) is 4.92 Å². The Bertz CT molecular complexity index is 856. The highest BCUT2D eigenvalue weighted by Gasteiger charge is 2.09. The number of hydrogen-bond donors (Lipinski definition) is 2. The van der Waals surface area contributed by atoms with Crippen LogP contribution in [0.2, 0.25) is 0 Å². The van der Waals surface area contributed by atoms with Crippen LogP contribution in [-0.4, -0.2) is 19.7 Å². The Kier molecular flexibility index (Phi) is 4.13. The lowest BCUT2D eigenvalue weighted by atomic mass is 10.2. The lowest BCUT2D eigenvalue weighted by molar-refractivity contribution is -0.404.